The van der Waals surface area contributed by atoms with Crippen molar-refractivity contribution in [3.8, 4) is 0 Å². The van der Waals surface area contributed by atoms with Crippen molar-refractivity contribution in [1.82, 2.24) is 14.6 Å². The molecule has 1 aromatic carbocycles. The monoisotopic (exact) mass is 279 g/mol. The fraction of sp³-hybridized carbons (Fsp3) is 0.250. The summed E-state index contributed by atoms with van der Waals surface area (Å²) in [7, 11) is 0. The van der Waals surface area contributed by atoms with E-state index in [0.717, 1.165) is 35.7 Å². The number of aryl methyl sites for hydroxylation is 2. The second kappa shape index (κ2) is 4.77. The van der Waals surface area contributed by atoms with Crippen molar-refractivity contribution in [3.05, 3.63) is 47.9 Å². The minimum Gasteiger partial charge on any atom is -0.385 e. The minimum atomic E-state index is 0.835. The highest BCUT2D eigenvalue weighted by atomic mass is 15.2. The molecule has 0 atom stereocenters. The van der Waals surface area contributed by atoms with Gasteiger partial charge in [0.05, 0.1) is 5.69 Å². The van der Waals surface area contributed by atoms with Crippen molar-refractivity contribution in [1.29, 1.82) is 0 Å². The highest BCUT2D eigenvalue weighted by Crippen LogP contribution is 2.27. The zero-order valence-electron chi connectivity index (χ0n) is 11.9. The second-order valence-electron chi connectivity index (χ2n) is 5.42. The molecule has 0 unspecified atom stereocenters. The van der Waals surface area contributed by atoms with Gasteiger partial charge < -0.3 is 10.6 Å². The van der Waals surface area contributed by atoms with Crippen molar-refractivity contribution in [2.45, 2.75) is 19.8 Å². The van der Waals surface area contributed by atoms with Crippen molar-refractivity contribution in [2.75, 3.05) is 17.2 Å². The summed E-state index contributed by atoms with van der Waals surface area (Å²) in [4.78, 5) is 4.44. The summed E-state index contributed by atoms with van der Waals surface area (Å²) >= 11 is 0. The first kappa shape index (κ1) is 12.2. The molecule has 0 amide bonds. The first-order chi connectivity index (χ1) is 10.3. The molecule has 1 aliphatic heterocycles. The maximum absolute atomic E-state index is 4.44. The van der Waals surface area contributed by atoms with E-state index in [1.165, 1.54) is 17.7 Å². The Kier molecular flexibility index (Phi) is 2.77. The van der Waals surface area contributed by atoms with Gasteiger partial charge in [0.25, 0.3) is 0 Å². The molecule has 0 bridgehead atoms. The average molecular weight is 279 g/mol. The lowest BCUT2D eigenvalue weighted by molar-refractivity contribution is 0.830. The largest absolute Gasteiger partial charge is 0.385 e. The van der Waals surface area contributed by atoms with E-state index in [4.69, 9.17) is 0 Å². The van der Waals surface area contributed by atoms with Gasteiger partial charge in [-0.25, -0.2) is 9.50 Å². The van der Waals surface area contributed by atoms with Crippen molar-refractivity contribution in [3.63, 3.8) is 0 Å². The van der Waals surface area contributed by atoms with E-state index in [-0.39, 0.29) is 0 Å². The molecule has 106 valence electrons. The van der Waals surface area contributed by atoms with Gasteiger partial charge in [-0.05, 0) is 49.6 Å². The van der Waals surface area contributed by atoms with Gasteiger partial charge >= 0.3 is 0 Å². The van der Waals surface area contributed by atoms with Crippen molar-refractivity contribution < 1.29 is 0 Å². The zero-order chi connectivity index (χ0) is 14.2. The van der Waals surface area contributed by atoms with E-state index < -0.39 is 0 Å². The van der Waals surface area contributed by atoms with Crippen LogP contribution in [0.15, 0.2) is 36.7 Å². The fourth-order valence-corrected chi connectivity index (χ4v) is 2.83. The minimum absolute atomic E-state index is 0.835. The quantitative estimate of drug-likeness (QED) is 0.756. The molecule has 5 nitrogen and oxygen atoms in total. The number of nitrogens with one attached hydrogen (secondary N) is 2. The first-order valence-corrected chi connectivity index (χ1v) is 7.24. The number of hydrogen-bond acceptors (Lipinski definition) is 4. The molecule has 0 radical (unpaired) electrons. The summed E-state index contributed by atoms with van der Waals surface area (Å²) in [5, 5.41) is 11.3. The molecule has 3 aromatic rings. The highest BCUT2D eigenvalue weighted by Gasteiger charge is 2.10. The Labute approximate surface area is 123 Å². The third-order valence-electron chi connectivity index (χ3n) is 3.82. The molecule has 2 N–H and O–H groups in total. The van der Waals surface area contributed by atoms with Crippen LogP contribution in [0.5, 0.6) is 0 Å². The third kappa shape index (κ3) is 2.20. The molecule has 5 heteroatoms. The van der Waals surface area contributed by atoms with Crippen LogP contribution in [-0.4, -0.2) is 21.1 Å². The van der Waals surface area contributed by atoms with Crippen LogP contribution in [0.2, 0.25) is 0 Å². The smallest absolute Gasteiger partial charge is 0.156 e. The Hall–Kier alpha value is -2.56. The Morgan fingerprint density at radius 2 is 2.24 bits per heavy atom. The summed E-state index contributed by atoms with van der Waals surface area (Å²) in [5.41, 5.74) is 5.66. The molecule has 0 spiro atoms. The molecule has 3 heterocycles. The highest BCUT2D eigenvalue weighted by molar-refractivity contribution is 5.74. The maximum atomic E-state index is 4.44. The Balaban J connectivity index is 1.71. The predicted molar refractivity (Wildman–Crippen MR) is 84.3 cm³/mol. The van der Waals surface area contributed by atoms with Crippen LogP contribution in [0.3, 0.4) is 0 Å². The molecule has 0 saturated heterocycles. The molecule has 4 rings (SSSR count). The standard InChI is InChI=1S/C16H17N5/c1-11-9-15-16(18-7-8-21(15)20-11)19-13-4-5-14-12(10-13)3-2-6-17-14/h4-5,7-10,17H,2-3,6H2,1H3,(H,18,19). The molecular formula is C16H17N5. The molecule has 2 aromatic heterocycles. The van der Waals surface area contributed by atoms with Crippen LogP contribution in [0.25, 0.3) is 5.52 Å². The van der Waals surface area contributed by atoms with Gasteiger partial charge in [-0.2, -0.15) is 5.10 Å². The van der Waals surface area contributed by atoms with Crippen LogP contribution in [0.4, 0.5) is 17.2 Å². The summed E-state index contributed by atoms with van der Waals surface area (Å²) in [6.07, 6.45) is 5.94. The normalized spacial score (nSPS) is 13.8. The molecule has 0 fully saturated rings. The van der Waals surface area contributed by atoms with Crippen molar-refractivity contribution in [2.24, 2.45) is 0 Å². The summed E-state index contributed by atoms with van der Waals surface area (Å²) in [6.45, 7) is 3.05. The number of fused-ring (bicyclic) bond motifs is 2. The van der Waals surface area contributed by atoms with Gasteiger partial charge in [-0.15, -0.1) is 0 Å². The second-order valence-corrected chi connectivity index (χ2v) is 5.42. The number of benzene rings is 1. The lowest BCUT2D eigenvalue weighted by atomic mass is 10.0. The number of rotatable bonds is 2. The lowest BCUT2D eigenvalue weighted by Crippen LogP contribution is -2.11. The zero-order valence-corrected chi connectivity index (χ0v) is 11.9. The van der Waals surface area contributed by atoms with Gasteiger partial charge in [-0.1, -0.05) is 0 Å². The predicted octanol–water partition coefficient (Wildman–Crippen LogP) is 3.14. The van der Waals surface area contributed by atoms with E-state index in [1.54, 1.807) is 6.20 Å². The Bertz CT molecular complexity index is 806. The SMILES string of the molecule is Cc1cc2c(Nc3ccc4c(c3)CCCN4)nccn2n1. The van der Waals surface area contributed by atoms with Gasteiger partial charge in [0.2, 0.25) is 0 Å². The number of anilines is 3. The fourth-order valence-electron chi connectivity index (χ4n) is 2.83. The van der Waals surface area contributed by atoms with Crippen LogP contribution in [0.1, 0.15) is 17.7 Å². The van der Waals surface area contributed by atoms with Crippen LogP contribution < -0.4 is 10.6 Å². The topological polar surface area (TPSA) is 54.2 Å². The lowest BCUT2D eigenvalue weighted by Gasteiger charge is -2.19. The van der Waals surface area contributed by atoms with E-state index in [9.17, 15) is 0 Å². The molecule has 0 saturated carbocycles. The Morgan fingerprint density at radius 3 is 3.19 bits per heavy atom. The van der Waals surface area contributed by atoms with Crippen LogP contribution in [-0.2, 0) is 6.42 Å². The first-order valence-electron chi connectivity index (χ1n) is 7.24. The molecule has 21 heavy (non-hydrogen) atoms. The number of hydrogen-bond donors (Lipinski definition) is 2. The average Bonchev–Trinajstić information content (AvgIpc) is 2.89. The van der Waals surface area contributed by atoms with Crippen LogP contribution >= 0.6 is 0 Å². The maximum Gasteiger partial charge on any atom is 0.156 e. The summed E-state index contributed by atoms with van der Waals surface area (Å²) in [5.74, 6) is 0.835. The Morgan fingerprint density at radius 1 is 1.29 bits per heavy atom. The van der Waals surface area contributed by atoms with E-state index in [1.807, 2.05) is 23.7 Å². The van der Waals surface area contributed by atoms with E-state index in [2.05, 4.69) is 38.9 Å². The number of nitrogens with zero attached hydrogens (tertiary/aromatic N) is 3. The van der Waals surface area contributed by atoms with Crippen LogP contribution in [0, 0.1) is 6.92 Å². The van der Waals surface area contributed by atoms with Gasteiger partial charge in [0, 0.05) is 30.3 Å². The molecular weight excluding hydrogens is 262 g/mol. The summed E-state index contributed by atoms with van der Waals surface area (Å²) in [6, 6.07) is 8.47. The van der Waals surface area contributed by atoms with E-state index >= 15 is 0 Å². The van der Waals surface area contributed by atoms with E-state index in [0.29, 0.717) is 0 Å². The van der Waals surface area contributed by atoms with Crippen molar-refractivity contribution >= 4 is 22.7 Å². The van der Waals surface area contributed by atoms with Gasteiger partial charge in [-0.3, -0.25) is 0 Å². The van der Waals surface area contributed by atoms with Gasteiger partial charge in [0.15, 0.2) is 5.82 Å². The van der Waals surface area contributed by atoms with Gasteiger partial charge in [0.1, 0.15) is 5.52 Å². The third-order valence-corrected chi connectivity index (χ3v) is 3.82. The molecule has 1 aliphatic rings. The number of aromatic nitrogens is 3. The summed E-state index contributed by atoms with van der Waals surface area (Å²) < 4.78 is 1.85. The molecule has 0 aliphatic carbocycles.